The summed E-state index contributed by atoms with van der Waals surface area (Å²) in [5.41, 5.74) is 1.54. The van der Waals surface area contributed by atoms with Crippen LogP contribution in [0.5, 0.6) is 0 Å². The number of nitrogens with one attached hydrogen (secondary N) is 1. The zero-order valence-electron chi connectivity index (χ0n) is 14.2. The molecule has 3 rings (SSSR count). The quantitative estimate of drug-likeness (QED) is 0.651. The molecule has 0 radical (unpaired) electrons. The molecule has 2 atom stereocenters. The Bertz CT molecular complexity index is 871. The minimum absolute atomic E-state index is 0.0284. The van der Waals surface area contributed by atoms with Crippen molar-refractivity contribution in [1.29, 1.82) is 0 Å². The molecular weight excluding hydrogens is 371 g/mol. The predicted octanol–water partition coefficient (Wildman–Crippen LogP) is 4.22. The number of hydrogen-bond acceptors (Lipinski definition) is 2. The Hall–Kier alpha value is -2.21. The van der Waals surface area contributed by atoms with Crippen LogP contribution in [0.4, 0.5) is 10.1 Å². The van der Waals surface area contributed by atoms with Crippen LogP contribution < -0.4 is 10.6 Å². The Morgan fingerprint density at radius 3 is 2.58 bits per heavy atom. The number of carbonyl (C=O) groups excluding carboxylic acids is 1. The van der Waals surface area contributed by atoms with Gasteiger partial charge in [0.1, 0.15) is 11.9 Å². The van der Waals surface area contributed by atoms with Crippen molar-refractivity contribution in [2.75, 3.05) is 5.32 Å². The summed E-state index contributed by atoms with van der Waals surface area (Å²) in [6, 6.07) is 17.7. The molecule has 3 N–H and O–H groups in total. The molecule has 1 heterocycles. The Morgan fingerprint density at radius 2 is 1.92 bits per heavy atom. The van der Waals surface area contributed by atoms with Crippen LogP contribution in [-0.4, -0.2) is 11.9 Å². The maximum absolute atomic E-state index is 13.2. The number of benzene rings is 2. The molecule has 1 amide bonds. The average Bonchev–Trinajstić information content (AvgIpc) is 3.17. The van der Waals surface area contributed by atoms with Gasteiger partial charge in [0.15, 0.2) is 6.04 Å². The molecule has 1 aromatic heterocycles. The normalized spacial score (nSPS) is 13.2. The molecule has 0 saturated carbocycles. The lowest BCUT2D eigenvalue weighted by molar-refractivity contribution is -0.703. The molecule has 3 aromatic rings. The lowest BCUT2D eigenvalue weighted by Crippen LogP contribution is -2.92. The fourth-order valence-electron chi connectivity index (χ4n) is 2.71. The highest BCUT2D eigenvalue weighted by molar-refractivity contribution is 7.10. The van der Waals surface area contributed by atoms with Crippen molar-refractivity contribution in [2.24, 2.45) is 0 Å². The second-order valence-electron chi connectivity index (χ2n) is 6.00. The third-order valence-corrected chi connectivity index (χ3v) is 5.36. The molecule has 134 valence electrons. The number of nitrogens with two attached hydrogens (primary N) is 1. The van der Waals surface area contributed by atoms with E-state index in [1.54, 1.807) is 11.3 Å². The second kappa shape index (κ2) is 8.45. The van der Waals surface area contributed by atoms with Crippen molar-refractivity contribution < 1.29 is 14.5 Å². The summed E-state index contributed by atoms with van der Waals surface area (Å²) < 4.78 is 13.2. The maximum Gasteiger partial charge on any atom is 0.282 e. The molecule has 0 unspecified atom stereocenters. The number of halogens is 2. The largest absolute Gasteiger partial charge is 0.326 e. The van der Waals surface area contributed by atoms with Gasteiger partial charge in [0, 0.05) is 5.56 Å². The third-order valence-electron chi connectivity index (χ3n) is 4.09. The summed E-state index contributed by atoms with van der Waals surface area (Å²) in [6.45, 7) is 1.84. The highest BCUT2D eigenvalue weighted by atomic mass is 35.5. The van der Waals surface area contributed by atoms with Crippen molar-refractivity contribution in [3.8, 4) is 0 Å². The van der Waals surface area contributed by atoms with E-state index in [0.29, 0.717) is 5.69 Å². The van der Waals surface area contributed by atoms with Crippen LogP contribution in [0.3, 0.4) is 0 Å². The van der Waals surface area contributed by atoms with Crippen molar-refractivity contribution in [2.45, 2.75) is 19.0 Å². The average molecular weight is 390 g/mol. The lowest BCUT2D eigenvalue weighted by atomic mass is 10.0. The number of anilines is 1. The van der Waals surface area contributed by atoms with Crippen LogP contribution in [-0.2, 0) is 4.79 Å². The number of hydrogen-bond donors (Lipinski definition) is 2. The molecule has 2 aromatic carbocycles. The van der Waals surface area contributed by atoms with Gasteiger partial charge < -0.3 is 10.6 Å². The summed E-state index contributed by atoms with van der Waals surface area (Å²) in [5, 5.41) is 7.01. The van der Waals surface area contributed by atoms with Gasteiger partial charge in [-0.05, 0) is 36.6 Å². The molecule has 0 aliphatic rings. The minimum atomic E-state index is -0.436. The number of rotatable bonds is 6. The maximum atomic E-state index is 13.2. The first-order valence-electron chi connectivity index (χ1n) is 8.24. The minimum Gasteiger partial charge on any atom is -0.326 e. The van der Waals surface area contributed by atoms with Crippen LogP contribution in [0.15, 0.2) is 66.0 Å². The van der Waals surface area contributed by atoms with Crippen molar-refractivity contribution in [1.82, 2.24) is 0 Å². The zero-order valence-corrected chi connectivity index (χ0v) is 15.7. The van der Waals surface area contributed by atoms with Gasteiger partial charge >= 0.3 is 0 Å². The molecule has 3 nitrogen and oxygen atoms in total. The van der Waals surface area contributed by atoms with Gasteiger partial charge in [-0.25, -0.2) is 4.39 Å². The number of carbonyl (C=O) groups is 1. The molecule has 26 heavy (non-hydrogen) atoms. The van der Waals surface area contributed by atoms with Gasteiger partial charge in [-0.15, -0.1) is 11.3 Å². The third kappa shape index (κ3) is 4.49. The molecular formula is C20H19ClFN2OS+. The molecule has 6 heteroatoms. The first-order chi connectivity index (χ1) is 12.5. The van der Waals surface area contributed by atoms with Gasteiger partial charge in [-0.1, -0.05) is 48.0 Å². The van der Waals surface area contributed by atoms with Crippen LogP contribution >= 0.6 is 22.9 Å². The van der Waals surface area contributed by atoms with Gasteiger partial charge in [0.2, 0.25) is 0 Å². The molecule has 0 fully saturated rings. The van der Waals surface area contributed by atoms with Crippen molar-refractivity contribution in [3.63, 3.8) is 0 Å². The van der Waals surface area contributed by atoms with Crippen LogP contribution in [0.1, 0.15) is 23.4 Å². The zero-order chi connectivity index (χ0) is 18.5. The van der Waals surface area contributed by atoms with E-state index in [1.165, 1.54) is 23.1 Å². The molecule has 0 aliphatic carbocycles. The fraction of sp³-hybridized carbons (Fsp3) is 0.150. The van der Waals surface area contributed by atoms with Gasteiger partial charge in [-0.2, -0.15) is 0 Å². The molecule has 0 spiro atoms. The van der Waals surface area contributed by atoms with Crippen molar-refractivity contribution >= 4 is 34.5 Å². The van der Waals surface area contributed by atoms with Crippen LogP contribution in [0.2, 0.25) is 5.02 Å². The van der Waals surface area contributed by atoms with Crippen LogP contribution in [0, 0.1) is 5.82 Å². The number of amides is 1. The van der Waals surface area contributed by atoms with Gasteiger partial charge in [-0.3, -0.25) is 4.79 Å². The Kier molecular flexibility index (Phi) is 6.04. The van der Waals surface area contributed by atoms with E-state index in [2.05, 4.69) is 23.5 Å². The highest BCUT2D eigenvalue weighted by Gasteiger charge is 2.25. The van der Waals surface area contributed by atoms with E-state index >= 15 is 0 Å². The monoisotopic (exact) mass is 389 g/mol. The standard InChI is InChI=1S/C20H18ClFN2OS/c1-13(20(25)24-17-10-9-15(22)12-16(17)21)23-19(18-8-5-11-26-18)14-6-3-2-4-7-14/h2-13,19,23H,1H3,(H,24,25)/p+1/t13-,19-/m1/s1. The summed E-state index contributed by atoms with van der Waals surface area (Å²) in [4.78, 5) is 13.8. The van der Waals surface area contributed by atoms with E-state index in [9.17, 15) is 9.18 Å². The summed E-state index contributed by atoms with van der Waals surface area (Å²) in [6.07, 6.45) is 0. The number of thiophene rings is 1. The Morgan fingerprint density at radius 1 is 1.15 bits per heavy atom. The SMILES string of the molecule is C[C@@H]([NH2+][C@H](c1ccccc1)c1cccs1)C(=O)Nc1ccc(F)cc1Cl. The van der Waals surface area contributed by atoms with E-state index in [0.717, 1.165) is 5.56 Å². The van der Waals surface area contributed by atoms with E-state index < -0.39 is 5.82 Å². The van der Waals surface area contributed by atoms with E-state index in [-0.39, 0.29) is 23.0 Å². The smallest absolute Gasteiger partial charge is 0.282 e. The second-order valence-corrected chi connectivity index (χ2v) is 7.38. The predicted molar refractivity (Wildman–Crippen MR) is 104 cm³/mol. The van der Waals surface area contributed by atoms with E-state index in [1.807, 2.05) is 41.9 Å². The van der Waals surface area contributed by atoms with E-state index in [4.69, 9.17) is 11.6 Å². The number of quaternary nitrogens is 1. The van der Waals surface area contributed by atoms with Gasteiger partial charge in [0.05, 0.1) is 15.6 Å². The molecule has 0 aliphatic heterocycles. The fourth-order valence-corrected chi connectivity index (χ4v) is 3.76. The van der Waals surface area contributed by atoms with Crippen molar-refractivity contribution in [3.05, 3.63) is 87.3 Å². The molecule has 0 bridgehead atoms. The van der Waals surface area contributed by atoms with Gasteiger partial charge in [0.25, 0.3) is 5.91 Å². The molecule has 0 saturated heterocycles. The Balaban J connectivity index is 1.75. The first kappa shape index (κ1) is 18.6. The Labute approximate surface area is 160 Å². The summed E-state index contributed by atoms with van der Waals surface area (Å²) in [7, 11) is 0. The lowest BCUT2D eigenvalue weighted by Gasteiger charge is -2.19. The van der Waals surface area contributed by atoms with Crippen LogP contribution in [0.25, 0.3) is 0 Å². The summed E-state index contributed by atoms with van der Waals surface area (Å²) >= 11 is 7.66. The highest BCUT2D eigenvalue weighted by Crippen LogP contribution is 2.24. The summed E-state index contributed by atoms with van der Waals surface area (Å²) in [5.74, 6) is -0.620. The topological polar surface area (TPSA) is 45.7 Å². The first-order valence-corrected chi connectivity index (χ1v) is 9.49.